The Morgan fingerprint density at radius 3 is 2.88 bits per heavy atom. The van der Waals surface area contributed by atoms with Crippen molar-refractivity contribution in [1.29, 1.82) is 0 Å². The van der Waals surface area contributed by atoms with E-state index in [1.807, 2.05) is 6.20 Å². The molecule has 3 nitrogen and oxygen atoms in total. The highest BCUT2D eigenvalue weighted by Crippen LogP contribution is 2.23. The van der Waals surface area contributed by atoms with Crippen LogP contribution in [0.4, 0.5) is 5.82 Å². The molecule has 1 aromatic heterocycles. The highest BCUT2D eigenvalue weighted by atomic mass is 15.2. The Morgan fingerprint density at radius 1 is 1.53 bits per heavy atom. The Kier molecular flexibility index (Phi) is 4.00. The van der Waals surface area contributed by atoms with E-state index >= 15 is 0 Å². The van der Waals surface area contributed by atoms with Gasteiger partial charge in [0.05, 0.1) is 0 Å². The maximum atomic E-state index is 5.95. The summed E-state index contributed by atoms with van der Waals surface area (Å²) in [6.07, 6.45) is 6.50. The molecule has 2 atom stereocenters. The van der Waals surface area contributed by atoms with Crippen LogP contribution < -0.4 is 10.6 Å². The highest BCUT2D eigenvalue weighted by molar-refractivity contribution is 5.41. The van der Waals surface area contributed by atoms with Crippen LogP contribution in [-0.4, -0.2) is 23.6 Å². The van der Waals surface area contributed by atoms with Crippen molar-refractivity contribution >= 4 is 5.82 Å². The van der Waals surface area contributed by atoms with Crippen LogP contribution >= 0.6 is 0 Å². The van der Waals surface area contributed by atoms with Crippen molar-refractivity contribution in [2.45, 2.75) is 51.6 Å². The summed E-state index contributed by atoms with van der Waals surface area (Å²) in [6.45, 7) is 5.54. The molecule has 17 heavy (non-hydrogen) atoms. The number of rotatable bonds is 4. The summed E-state index contributed by atoms with van der Waals surface area (Å²) < 4.78 is 0. The van der Waals surface area contributed by atoms with Crippen LogP contribution in [0.25, 0.3) is 0 Å². The quantitative estimate of drug-likeness (QED) is 0.868. The van der Waals surface area contributed by atoms with Gasteiger partial charge in [-0.25, -0.2) is 4.98 Å². The number of pyridine rings is 1. The molecule has 0 amide bonds. The zero-order valence-electron chi connectivity index (χ0n) is 10.9. The first-order chi connectivity index (χ1) is 8.20. The normalized spacial score (nSPS) is 21.8. The summed E-state index contributed by atoms with van der Waals surface area (Å²) in [5.41, 5.74) is 7.19. The molecule has 2 heterocycles. The van der Waals surface area contributed by atoms with Crippen LogP contribution in [0.3, 0.4) is 0 Å². The summed E-state index contributed by atoms with van der Waals surface area (Å²) in [5.74, 6) is 1.11. The van der Waals surface area contributed by atoms with E-state index in [0.29, 0.717) is 6.04 Å². The van der Waals surface area contributed by atoms with Crippen molar-refractivity contribution < 1.29 is 0 Å². The SMILES string of the molecule is CCC(N)Cc1ccc(N2CCCC2C)nc1. The van der Waals surface area contributed by atoms with Gasteiger partial charge in [-0.05, 0) is 44.2 Å². The summed E-state index contributed by atoms with van der Waals surface area (Å²) in [7, 11) is 0. The summed E-state index contributed by atoms with van der Waals surface area (Å²) >= 11 is 0. The Labute approximate surface area is 104 Å². The molecule has 1 aliphatic rings. The van der Waals surface area contributed by atoms with Crippen molar-refractivity contribution in [2.75, 3.05) is 11.4 Å². The Hall–Kier alpha value is -1.09. The lowest BCUT2D eigenvalue weighted by atomic mass is 10.1. The van der Waals surface area contributed by atoms with E-state index < -0.39 is 0 Å². The van der Waals surface area contributed by atoms with Gasteiger partial charge in [-0.15, -0.1) is 0 Å². The van der Waals surface area contributed by atoms with E-state index in [4.69, 9.17) is 5.73 Å². The molecule has 0 radical (unpaired) electrons. The molecule has 0 spiro atoms. The second kappa shape index (κ2) is 5.50. The predicted molar refractivity (Wildman–Crippen MR) is 72.2 cm³/mol. The van der Waals surface area contributed by atoms with Gasteiger partial charge in [0.15, 0.2) is 0 Å². The van der Waals surface area contributed by atoms with Crippen molar-refractivity contribution in [3.8, 4) is 0 Å². The van der Waals surface area contributed by atoms with Crippen LogP contribution in [0, 0.1) is 0 Å². The lowest BCUT2D eigenvalue weighted by Gasteiger charge is -2.22. The maximum Gasteiger partial charge on any atom is 0.128 e. The molecule has 0 aliphatic carbocycles. The molecule has 1 aliphatic heterocycles. The lowest BCUT2D eigenvalue weighted by Crippen LogP contribution is -2.27. The van der Waals surface area contributed by atoms with Crippen LogP contribution in [0.15, 0.2) is 18.3 Å². The van der Waals surface area contributed by atoms with Gasteiger partial charge in [0.25, 0.3) is 0 Å². The first-order valence-corrected chi connectivity index (χ1v) is 6.68. The third kappa shape index (κ3) is 2.97. The zero-order valence-corrected chi connectivity index (χ0v) is 10.9. The number of aromatic nitrogens is 1. The second-order valence-corrected chi connectivity index (χ2v) is 5.08. The van der Waals surface area contributed by atoms with Crippen molar-refractivity contribution in [2.24, 2.45) is 5.73 Å². The fourth-order valence-corrected chi connectivity index (χ4v) is 2.43. The van der Waals surface area contributed by atoms with Crippen LogP contribution in [0.1, 0.15) is 38.7 Å². The summed E-state index contributed by atoms with van der Waals surface area (Å²) in [5, 5.41) is 0. The molecule has 0 aromatic carbocycles. The van der Waals surface area contributed by atoms with Gasteiger partial charge in [0, 0.05) is 24.8 Å². The molecule has 1 fully saturated rings. The van der Waals surface area contributed by atoms with E-state index in [2.05, 4.69) is 35.9 Å². The molecule has 1 saturated heterocycles. The largest absolute Gasteiger partial charge is 0.354 e. The van der Waals surface area contributed by atoms with Gasteiger partial charge in [0.2, 0.25) is 0 Å². The molecule has 2 rings (SSSR count). The van der Waals surface area contributed by atoms with Gasteiger partial charge in [-0.1, -0.05) is 13.0 Å². The van der Waals surface area contributed by atoms with Crippen LogP contribution in [-0.2, 0) is 6.42 Å². The molecule has 1 aromatic rings. The molecule has 0 bridgehead atoms. The minimum atomic E-state index is 0.258. The fourth-order valence-electron chi connectivity index (χ4n) is 2.43. The molecule has 2 unspecified atom stereocenters. The lowest BCUT2D eigenvalue weighted by molar-refractivity contribution is 0.644. The third-order valence-electron chi connectivity index (χ3n) is 3.68. The first kappa shape index (κ1) is 12.4. The average molecular weight is 233 g/mol. The number of anilines is 1. The van der Waals surface area contributed by atoms with Gasteiger partial charge in [-0.2, -0.15) is 0 Å². The van der Waals surface area contributed by atoms with E-state index in [-0.39, 0.29) is 6.04 Å². The van der Waals surface area contributed by atoms with Gasteiger partial charge in [0.1, 0.15) is 5.82 Å². The second-order valence-electron chi connectivity index (χ2n) is 5.08. The monoisotopic (exact) mass is 233 g/mol. The zero-order chi connectivity index (χ0) is 12.3. The van der Waals surface area contributed by atoms with Crippen molar-refractivity contribution in [3.05, 3.63) is 23.9 Å². The fraction of sp³-hybridized carbons (Fsp3) is 0.643. The van der Waals surface area contributed by atoms with Crippen molar-refractivity contribution in [3.63, 3.8) is 0 Å². The Bertz CT molecular complexity index is 347. The number of nitrogens with zero attached hydrogens (tertiary/aromatic N) is 2. The molecule has 0 saturated carbocycles. The molecule has 3 heteroatoms. The average Bonchev–Trinajstić information content (AvgIpc) is 2.76. The van der Waals surface area contributed by atoms with E-state index in [1.165, 1.54) is 18.4 Å². The van der Waals surface area contributed by atoms with E-state index in [1.54, 1.807) is 0 Å². The first-order valence-electron chi connectivity index (χ1n) is 6.68. The molecular weight excluding hydrogens is 210 g/mol. The van der Waals surface area contributed by atoms with Gasteiger partial charge in [-0.3, -0.25) is 0 Å². The van der Waals surface area contributed by atoms with E-state index in [0.717, 1.165) is 25.2 Å². The Balaban J connectivity index is 2.02. The number of hydrogen-bond donors (Lipinski definition) is 1. The predicted octanol–water partition coefficient (Wildman–Crippen LogP) is 2.35. The number of nitrogens with two attached hydrogens (primary N) is 1. The van der Waals surface area contributed by atoms with E-state index in [9.17, 15) is 0 Å². The van der Waals surface area contributed by atoms with Crippen LogP contribution in [0.5, 0.6) is 0 Å². The van der Waals surface area contributed by atoms with Gasteiger partial charge >= 0.3 is 0 Å². The Morgan fingerprint density at radius 2 is 2.35 bits per heavy atom. The molecule has 94 valence electrons. The molecular formula is C14H23N3. The minimum Gasteiger partial charge on any atom is -0.354 e. The smallest absolute Gasteiger partial charge is 0.128 e. The van der Waals surface area contributed by atoms with Gasteiger partial charge < -0.3 is 10.6 Å². The van der Waals surface area contributed by atoms with Crippen LogP contribution in [0.2, 0.25) is 0 Å². The number of hydrogen-bond acceptors (Lipinski definition) is 3. The third-order valence-corrected chi connectivity index (χ3v) is 3.68. The minimum absolute atomic E-state index is 0.258. The van der Waals surface area contributed by atoms with Crippen molar-refractivity contribution in [1.82, 2.24) is 4.98 Å². The standard InChI is InChI=1S/C14H23N3/c1-3-13(15)9-12-6-7-14(16-10-12)17-8-4-5-11(17)2/h6-7,10-11,13H,3-5,8-9,15H2,1-2H3. The highest BCUT2D eigenvalue weighted by Gasteiger charge is 2.21. The molecule has 2 N–H and O–H groups in total. The summed E-state index contributed by atoms with van der Waals surface area (Å²) in [4.78, 5) is 6.96. The summed E-state index contributed by atoms with van der Waals surface area (Å²) in [6, 6.07) is 5.20. The topological polar surface area (TPSA) is 42.1 Å². The maximum absolute atomic E-state index is 5.95.